The monoisotopic (exact) mass is 574 g/mol. The Labute approximate surface area is 237 Å². The molecule has 0 amide bonds. The number of thioether (sulfide) groups is 2. The number of carbonyl (C=O) groups excluding carboxylic acids is 2. The van der Waals surface area contributed by atoms with Crippen LogP contribution in [0.15, 0.2) is 31.5 Å². The van der Waals surface area contributed by atoms with Crippen molar-refractivity contribution >= 4 is 35.1 Å². The van der Waals surface area contributed by atoms with E-state index < -0.39 is 11.1 Å². The second-order valence-electron chi connectivity index (χ2n) is 11.7. The molecule has 0 atom stereocenters. The van der Waals surface area contributed by atoms with Crippen molar-refractivity contribution in [1.29, 1.82) is 0 Å². The van der Waals surface area contributed by atoms with Crippen LogP contribution in [0.5, 0.6) is 11.8 Å². The lowest BCUT2D eigenvalue weighted by Gasteiger charge is -2.29. The van der Waals surface area contributed by atoms with E-state index >= 15 is 0 Å². The Kier molecular flexibility index (Phi) is 8.76. The van der Waals surface area contributed by atoms with Gasteiger partial charge in [0.1, 0.15) is 11.6 Å². The zero-order chi connectivity index (χ0) is 28.5. The summed E-state index contributed by atoms with van der Waals surface area (Å²) in [5.74, 6) is 1.73. The largest absolute Gasteiger partial charge is 0.494 e. The van der Waals surface area contributed by atoms with E-state index in [1.165, 1.54) is 9.13 Å². The van der Waals surface area contributed by atoms with Crippen molar-refractivity contribution in [3.63, 3.8) is 0 Å². The van der Waals surface area contributed by atoms with Gasteiger partial charge in [-0.25, -0.2) is 0 Å². The van der Waals surface area contributed by atoms with Gasteiger partial charge in [0.2, 0.25) is 0 Å². The molecule has 8 nitrogen and oxygen atoms in total. The van der Waals surface area contributed by atoms with Crippen LogP contribution in [-0.4, -0.2) is 42.4 Å². The summed E-state index contributed by atoms with van der Waals surface area (Å²) in [5.41, 5.74) is -0.366. The van der Waals surface area contributed by atoms with Crippen molar-refractivity contribution < 1.29 is 19.8 Å². The van der Waals surface area contributed by atoms with E-state index in [2.05, 4.69) is 0 Å². The summed E-state index contributed by atoms with van der Waals surface area (Å²) in [4.78, 5) is 52.2. The molecular formula is C29H38N2O6S2. The molecule has 4 heterocycles. The molecule has 2 aliphatic rings. The first kappa shape index (κ1) is 29.5. The lowest BCUT2D eigenvalue weighted by molar-refractivity contribution is -0.121. The van der Waals surface area contributed by atoms with Crippen LogP contribution in [-0.2, 0) is 33.5 Å². The quantitative estimate of drug-likeness (QED) is 0.373. The van der Waals surface area contributed by atoms with Gasteiger partial charge in [0, 0.05) is 81.3 Å². The highest BCUT2D eigenvalue weighted by molar-refractivity contribution is 7.99. The average Bonchev–Trinajstić information content (AvgIpc) is 3.51. The molecule has 0 bridgehead atoms. The minimum Gasteiger partial charge on any atom is -0.494 e. The molecule has 2 aromatic rings. The van der Waals surface area contributed by atoms with Gasteiger partial charge in [-0.2, -0.15) is 0 Å². The number of fused-ring (bicyclic) bond motifs is 2. The van der Waals surface area contributed by atoms with Gasteiger partial charge in [-0.3, -0.25) is 28.3 Å². The topological polar surface area (TPSA) is 119 Å². The summed E-state index contributed by atoms with van der Waals surface area (Å²) in [7, 11) is 0. The van der Waals surface area contributed by atoms with Crippen LogP contribution in [0.3, 0.4) is 0 Å². The van der Waals surface area contributed by atoms with Crippen LogP contribution in [0, 0.1) is 0 Å². The number of hydrogen-bond acceptors (Lipinski definition) is 8. The minimum absolute atomic E-state index is 0.00262. The van der Waals surface area contributed by atoms with Crippen LogP contribution in [0.2, 0.25) is 0 Å². The molecule has 0 saturated heterocycles. The lowest BCUT2D eigenvalue weighted by Crippen LogP contribution is -2.37. The summed E-state index contributed by atoms with van der Waals surface area (Å²) in [6.45, 7) is 7.41. The molecule has 0 saturated carbocycles. The number of Topliss-reactive ketones (excluding diaryl/α,β-unsaturated/α-hetero) is 2. The smallest absolute Gasteiger partial charge is 0.254 e. The van der Waals surface area contributed by atoms with E-state index in [0.717, 1.165) is 45.3 Å². The Balaban J connectivity index is 1.25. The van der Waals surface area contributed by atoms with Gasteiger partial charge < -0.3 is 10.2 Å². The fourth-order valence-electron chi connectivity index (χ4n) is 5.50. The number of rotatable bonds is 12. The fraction of sp³-hybridized carbons (Fsp3) is 0.586. The first-order chi connectivity index (χ1) is 18.3. The Morgan fingerprint density at radius 1 is 0.744 bits per heavy atom. The molecular weight excluding hydrogens is 536 g/mol. The van der Waals surface area contributed by atoms with Crippen molar-refractivity contribution in [1.82, 2.24) is 9.13 Å². The molecule has 0 aliphatic carbocycles. The summed E-state index contributed by atoms with van der Waals surface area (Å²) in [6.07, 6.45) is 3.76. The molecule has 2 aliphatic heterocycles. The van der Waals surface area contributed by atoms with Crippen LogP contribution < -0.4 is 11.1 Å². The highest BCUT2D eigenvalue weighted by Gasteiger charge is 2.31. The van der Waals surface area contributed by atoms with Crippen molar-refractivity contribution in [3.05, 3.63) is 44.0 Å². The number of carbonyl (C=O) groups is 2. The van der Waals surface area contributed by atoms with E-state index in [9.17, 15) is 29.4 Å². The zero-order valence-electron chi connectivity index (χ0n) is 23.2. The maximum atomic E-state index is 12.7. The van der Waals surface area contributed by atoms with Crippen LogP contribution >= 0.6 is 23.5 Å². The normalized spacial score (nSPS) is 14.9. The van der Waals surface area contributed by atoms with Crippen molar-refractivity contribution in [3.8, 4) is 11.8 Å². The molecule has 4 rings (SSSR count). The maximum Gasteiger partial charge on any atom is 0.254 e. The van der Waals surface area contributed by atoms with Gasteiger partial charge >= 0.3 is 0 Å². The van der Waals surface area contributed by atoms with E-state index in [0.29, 0.717) is 19.3 Å². The first-order valence-electron chi connectivity index (χ1n) is 13.6. The first-order valence-corrected chi connectivity index (χ1v) is 15.5. The summed E-state index contributed by atoms with van der Waals surface area (Å²) in [6, 6.07) is 3.15. The minimum atomic E-state index is -0.722. The molecule has 10 heteroatoms. The number of aromatic nitrogens is 2. The molecule has 0 spiro atoms. The predicted molar refractivity (Wildman–Crippen MR) is 155 cm³/mol. The highest BCUT2D eigenvalue weighted by Crippen LogP contribution is 2.39. The third-order valence-corrected chi connectivity index (χ3v) is 10.0. The molecule has 0 radical (unpaired) electrons. The highest BCUT2D eigenvalue weighted by atomic mass is 32.2. The lowest BCUT2D eigenvalue weighted by atomic mass is 9.93. The van der Waals surface area contributed by atoms with E-state index in [1.807, 2.05) is 27.7 Å². The number of aromatic hydroxyl groups is 2. The van der Waals surface area contributed by atoms with Crippen LogP contribution in [0.25, 0.3) is 0 Å². The molecule has 39 heavy (non-hydrogen) atoms. The molecule has 0 unspecified atom stereocenters. The molecule has 0 fully saturated rings. The molecule has 2 aromatic heterocycles. The third-order valence-electron chi connectivity index (χ3n) is 7.88. The summed E-state index contributed by atoms with van der Waals surface area (Å²) in [5, 5.41) is 21.5. The maximum absolute atomic E-state index is 12.7. The molecule has 0 aromatic carbocycles. The van der Waals surface area contributed by atoms with Gasteiger partial charge in [-0.1, -0.05) is 0 Å². The zero-order valence-corrected chi connectivity index (χ0v) is 24.8. The second-order valence-corrected chi connectivity index (χ2v) is 14.0. The van der Waals surface area contributed by atoms with Gasteiger partial charge in [-0.15, -0.1) is 23.5 Å². The average molecular weight is 575 g/mol. The van der Waals surface area contributed by atoms with E-state index in [4.69, 9.17) is 0 Å². The summed E-state index contributed by atoms with van der Waals surface area (Å²) < 4.78 is 2.80. The predicted octanol–water partition coefficient (Wildman–Crippen LogP) is 4.76. The van der Waals surface area contributed by atoms with Gasteiger partial charge in [0.05, 0.1) is 0 Å². The fourth-order valence-corrected chi connectivity index (χ4v) is 7.65. The van der Waals surface area contributed by atoms with E-state index in [1.54, 1.807) is 35.7 Å². The Bertz CT molecular complexity index is 1300. The van der Waals surface area contributed by atoms with Gasteiger partial charge in [0.15, 0.2) is 11.8 Å². The van der Waals surface area contributed by atoms with Gasteiger partial charge in [0.25, 0.3) is 11.1 Å². The Morgan fingerprint density at radius 2 is 1.13 bits per heavy atom. The second kappa shape index (κ2) is 11.6. The van der Waals surface area contributed by atoms with E-state index in [-0.39, 0.29) is 60.1 Å². The molecule has 2 N–H and O–H groups in total. The summed E-state index contributed by atoms with van der Waals surface area (Å²) >= 11 is 3.14. The Morgan fingerprint density at radius 3 is 1.51 bits per heavy atom. The number of nitrogens with zero attached hydrogens (tertiary/aromatic N) is 2. The Hall–Kier alpha value is -2.46. The SMILES string of the molecule is CC(C)(CCC(=O)CCCC(=O)CCC(C)(C)n1c(O)c2c(cc1=O)SCC2)n1c(O)c2c(cc1=O)SCC2. The van der Waals surface area contributed by atoms with Crippen LogP contribution in [0.4, 0.5) is 0 Å². The van der Waals surface area contributed by atoms with Crippen LogP contribution in [0.1, 0.15) is 83.8 Å². The standard InChI is InChI=1S/C29H38N2O6S2/c1-28(2,30-24(34)16-22-20(26(30)36)10-14-38-22)12-8-18(32)6-5-7-19(33)9-13-29(3,4)31-25(35)17-23-21(27(31)37)11-15-39-23/h16-17,36-37H,5-15H2,1-4H3. The van der Waals surface area contributed by atoms with Gasteiger partial charge in [-0.05, 0) is 59.8 Å². The van der Waals surface area contributed by atoms with Crippen molar-refractivity contribution in [2.45, 2.75) is 106 Å². The number of pyridine rings is 2. The third kappa shape index (κ3) is 6.32. The van der Waals surface area contributed by atoms with Crippen molar-refractivity contribution in [2.75, 3.05) is 11.5 Å². The number of hydrogen-bond donors (Lipinski definition) is 2. The van der Waals surface area contributed by atoms with Crippen molar-refractivity contribution in [2.24, 2.45) is 0 Å². The number of ketones is 2. The molecule has 212 valence electrons.